The van der Waals surface area contributed by atoms with Gasteiger partial charge in [0.1, 0.15) is 11.6 Å². The summed E-state index contributed by atoms with van der Waals surface area (Å²) in [6, 6.07) is -0.283. The average Bonchev–Trinajstić information content (AvgIpc) is 2.12. The Morgan fingerprint density at radius 2 is 2.12 bits per heavy atom. The summed E-state index contributed by atoms with van der Waals surface area (Å²) in [5.41, 5.74) is -0.707. The molecule has 0 aromatic carbocycles. The molecule has 92 valence electrons. The van der Waals surface area contributed by atoms with Gasteiger partial charge in [-0.15, -0.1) is 0 Å². The van der Waals surface area contributed by atoms with Crippen LogP contribution in [-0.2, 0) is 14.3 Å². The Labute approximate surface area is 96.7 Å². The van der Waals surface area contributed by atoms with Crippen LogP contribution in [-0.4, -0.2) is 36.4 Å². The van der Waals surface area contributed by atoms with Crippen molar-refractivity contribution < 1.29 is 14.3 Å². The van der Waals surface area contributed by atoms with Gasteiger partial charge >= 0.3 is 5.97 Å². The van der Waals surface area contributed by atoms with Gasteiger partial charge < -0.3 is 9.47 Å². The molecule has 1 unspecified atom stereocenters. The molecule has 1 saturated carbocycles. The Bertz CT molecular complexity index is 278. The lowest BCUT2D eigenvalue weighted by Crippen LogP contribution is -2.65. The van der Waals surface area contributed by atoms with Crippen LogP contribution in [0.3, 0.4) is 0 Å². The number of carbonyl (C=O) groups is 1. The zero-order chi connectivity index (χ0) is 11.8. The number of hydrogen-bond donors (Lipinski definition) is 1. The molecule has 0 amide bonds. The molecular weight excluding hydrogens is 206 g/mol. The summed E-state index contributed by atoms with van der Waals surface area (Å²) in [4.78, 5) is 12.1. The lowest BCUT2D eigenvalue weighted by Gasteiger charge is -2.49. The molecule has 1 atom stereocenters. The molecule has 0 aromatic heterocycles. The first-order valence-electron chi connectivity index (χ1n) is 6.03. The molecule has 2 aliphatic rings. The predicted octanol–water partition coefficient (Wildman–Crippen LogP) is 1.24. The second-order valence-corrected chi connectivity index (χ2v) is 5.69. The molecule has 1 saturated heterocycles. The highest BCUT2D eigenvalue weighted by Crippen LogP contribution is 2.40. The maximum atomic E-state index is 12.1. The van der Waals surface area contributed by atoms with E-state index in [1.54, 1.807) is 0 Å². The number of ether oxygens (including phenoxy) is 2. The van der Waals surface area contributed by atoms with E-state index in [2.05, 4.69) is 5.32 Å². The second kappa shape index (κ2) is 4.00. The third-order valence-electron chi connectivity index (χ3n) is 3.21. The van der Waals surface area contributed by atoms with Gasteiger partial charge in [-0.25, -0.2) is 0 Å². The largest absolute Gasteiger partial charge is 0.459 e. The second-order valence-electron chi connectivity index (χ2n) is 5.69. The van der Waals surface area contributed by atoms with Gasteiger partial charge in [-0.1, -0.05) is 0 Å². The Kier molecular flexibility index (Phi) is 2.97. The van der Waals surface area contributed by atoms with Crippen molar-refractivity contribution in [1.82, 2.24) is 5.32 Å². The van der Waals surface area contributed by atoms with Crippen LogP contribution in [0.4, 0.5) is 0 Å². The summed E-state index contributed by atoms with van der Waals surface area (Å²) >= 11 is 0. The van der Waals surface area contributed by atoms with Crippen molar-refractivity contribution in [2.24, 2.45) is 0 Å². The van der Waals surface area contributed by atoms with E-state index in [0.717, 1.165) is 25.8 Å². The van der Waals surface area contributed by atoms with E-state index in [-0.39, 0.29) is 17.6 Å². The van der Waals surface area contributed by atoms with Crippen LogP contribution >= 0.6 is 0 Å². The van der Waals surface area contributed by atoms with E-state index in [4.69, 9.17) is 9.47 Å². The molecular formula is C12H21NO3. The molecule has 1 aliphatic carbocycles. The fourth-order valence-corrected chi connectivity index (χ4v) is 2.34. The molecule has 0 aromatic rings. The smallest absolute Gasteiger partial charge is 0.326 e. The lowest BCUT2D eigenvalue weighted by molar-refractivity contribution is -0.186. The maximum absolute atomic E-state index is 12.1. The fourth-order valence-electron chi connectivity index (χ4n) is 2.34. The quantitative estimate of drug-likeness (QED) is 0.685. The fraction of sp³-hybridized carbons (Fsp3) is 0.917. The van der Waals surface area contributed by atoms with Crippen molar-refractivity contribution in [3.63, 3.8) is 0 Å². The summed E-state index contributed by atoms with van der Waals surface area (Å²) in [5, 5.41) is 3.23. The van der Waals surface area contributed by atoms with E-state index in [1.165, 1.54) is 0 Å². The molecule has 0 bridgehead atoms. The highest BCUT2D eigenvalue weighted by molar-refractivity contribution is 5.78. The molecule has 1 heterocycles. The van der Waals surface area contributed by atoms with E-state index >= 15 is 0 Å². The van der Waals surface area contributed by atoms with Crippen molar-refractivity contribution in [2.75, 3.05) is 13.2 Å². The zero-order valence-electron chi connectivity index (χ0n) is 10.3. The van der Waals surface area contributed by atoms with Crippen LogP contribution < -0.4 is 5.32 Å². The molecule has 4 heteroatoms. The van der Waals surface area contributed by atoms with Crippen molar-refractivity contribution in [3.05, 3.63) is 0 Å². The minimum Gasteiger partial charge on any atom is -0.459 e. The Morgan fingerprint density at radius 1 is 1.44 bits per heavy atom. The van der Waals surface area contributed by atoms with Gasteiger partial charge in [0, 0.05) is 6.54 Å². The Balaban J connectivity index is 2.03. The third kappa shape index (κ3) is 2.23. The summed E-state index contributed by atoms with van der Waals surface area (Å²) in [7, 11) is 0. The molecule has 1 spiro atoms. The van der Waals surface area contributed by atoms with Crippen LogP contribution in [0.2, 0.25) is 0 Å². The SMILES string of the molecule is CC(C)(C)OC(=O)C1NCCOC12CCC2. The minimum absolute atomic E-state index is 0.174. The first kappa shape index (κ1) is 11.9. The van der Waals surface area contributed by atoms with Gasteiger partial charge in [0.2, 0.25) is 0 Å². The molecule has 2 fully saturated rings. The summed E-state index contributed by atoms with van der Waals surface area (Å²) in [5.74, 6) is -0.174. The number of rotatable bonds is 1. The number of carbonyl (C=O) groups excluding carboxylic acids is 1. The molecule has 2 rings (SSSR count). The first-order valence-corrected chi connectivity index (χ1v) is 6.03. The van der Waals surface area contributed by atoms with Crippen LogP contribution in [0.5, 0.6) is 0 Å². The van der Waals surface area contributed by atoms with Gasteiger partial charge in [-0.3, -0.25) is 10.1 Å². The molecule has 1 N–H and O–H groups in total. The van der Waals surface area contributed by atoms with Gasteiger partial charge in [0.15, 0.2) is 0 Å². The normalized spacial score (nSPS) is 28.6. The van der Waals surface area contributed by atoms with Crippen molar-refractivity contribution in [2.45, 2.75) is 57.3 Å². The van der Waals surface area contributed by atoms with Gasteiger partial charge in [0.05, 0.1) is 12.2 Å². The average molecular weight is 227 g/mol. The van der Waals surface area contributed by atoms with E-state index < -0.39 is 5.60 Å². The summed E-state index contributed by atoms with van der Waals surface area (Å²) in [6.07, 6.45) is 3.06. The number of hydrogen-bond acceptors (Lipinski definition) is 4. The number of nitrogens with one attached hydrogen (secondary N) is 1. The van der Waals surface area contributed by atoms with E-state index in [0.29, 0.717) is 6.61 Å². The molecule has 1 aliphatic heterocycles. The topological polar surface area (TPSA) is 47.6 Å². The van der Waals surface area contributed by atoms with Crippen LogP contribution in [0, 0.1) is 0 Å². The van der Waals surface area contributed by atoms with Crippen molar-refractivity contribution in [3.8, 4) is 0 Å². The van der Waals surface area contributed by atoms with Crippen molar-refractivity contribution in [1.29, 1.82) is 0 Å². The first-order chi connectivity index (χ1) is 7.43. The molecule has 16 heavy (non-hydrogen) atoms. The molecule has 4 nitrogen and oxygen atoms in total. The van der Waals surface area contributed by atoms with Gasteiger partial charge in [-0.2, -0.15) is 0 Å². The summed E-state index contributed by atoms with van der Waals surface area (Å²) < 4.78 is 11.2. The van der Waals surface area contributed by atoms with Crippen LogP contribution in [0.1, 0.15) is 40.0 Å². The maximum Gasteiger partial charge on any atom is 0.326 e. The van der Waals surface area contributed by atoms with E-state index in [9.17, 15) is 4.79 Å². The van der Waals surface area contributed by atoms with Gasteiger partial charge in [-0.05, 0) is 40.0 Å². The van der Waals surface area contributed by atoms with Crippen LogP contribution in [0.15, 0.2) is 0 Å². The van der Waals surface area contributed by atoms with Gasteiger partial charge in [0.25, 0.3) is 0 Å². The molecule has 0 radical (unpaired) electrons. The number of morpholine rings is 1. The highest BCUT2D eigenvalue weighted by Gasteiger charge is 2.51. The predicted molar refractivity (Wildman–Crippen MR) is 60.2 cm³/mol. The van der Waals surface area contributed by atoms with Crippen LogP contribution in [0.25, 0.3) is 0 Å². The lowest BCUT2D eigenvalue weighted by atomic mass is 9.73. The highest BCUT2D eigenvalue weighted by atomic mass is 16.6. The standard InChI is InChI=1S/C12H21NO3/c1-11(2,3)16-10(14)9-12(5-4-6-12)15-8-7-13-9/h9,13H,4-8H2,1-3H3. The number of esters is 1. The van der Waals surface area contributed by atoms with Crippen molar-refractivity contribution >= 4 is 5.97 Å². The Morgan fingerprint density at radius 3 is 2.62 bits per heavy atom. The van der Waals surface area contributed by atoms with E-state index in [1.807, 2.05) is 20.8 Å². The zero-order valence-corrected chi connectivity index (χ0v) is 10.3. The monoisotopic (exact) mass is 227 g/mol. The third-order valence-corrected chi connectivity index (χ3v) is 3.21. The Hall–Kier alpha value is -0.610. The minimum atomic E-state index is -0.429. The summed E-state index contributed by atoms with van der Waals surface area (Å²) in [6.45, 7) is 7.09.